The van der Waals surface area contributed by atoms with Crippen LogP contribution in [0.3, 0.4) is 0 Å². The van der Waals surface area contributed by atoms with Crippen LogP contribution in [0.5, 0.6) is 0 Å². The molecule has 0 heteroatoms. The van der Waals surface area contributed by atoms with Gasteiger partial charge in [0.2, 0.25) is 0 Å². The van der Waals surface area contributed by atoms with Crippen LogP contribution in [0.2, 0.25) is 0 Å². The van der Waals surface area contributed by atoms with Gasteiger partial charge in [0.25, 0.3) is 0 Å². The van der Waals surface area contributed by atoms with Crippen molar-refractivity contribution in [2.75, 3.05) is 0 Å². The van der Waals surface area contributed by atoms with E-state index in [2.05, 4.69) is 51.2 Å². The van der Waals surface area contributed by atoms with Crippen LogP contribution in [0.25, 0.3) is 0 Å². The molecule has 60 valence electrons. The summed E-state index contributed by atoms with van der Waals surface area (Å²) in [5.74, 6) is 0. The molecule has 0 amide bonds. The lowest BCUT2D eigenvalue weighted by Crippen LogP contribution is -2.10. The van der Waals surface area contributed by atoms with Gasteiger partial charge in [-0.3, -0.25) is 0 Å². The van der Waals surface area contributed by atoms with Crippen molar-refractivity contribution >= 4 is 0 Å². The highest BCUT2D eigenvalue weighted by atomic mass is 14.2. The van der Waals surface area contributed by atoms with Crippen LogP contribution in [0, 0.1) is 5.41 Å². The molecule has 1 rings (SSSR count). The Hall–Kier alpha value is -0.780. The average molecular weight is 148 g/mol. The Morgan fingerprint density at radius 3 is 2.73 bits per heavy atom. The normalized spacial score (nSPS) is 31.0. The molecule has 11 heavy (non-hydrogen) atoms. The van der Waals surface area contributed by atoms with E-state index in [4.69, 9.17) is 0 Å². The van der Waals surface area contributed by atoms with Crippen LogP contribution in [-0.4, -0.2) is 0 Å². The maximum Gasteiger partial charge on any atom is 0.00704 e. The van der Waals surface area contributed by atoms with Crippen LogP contribution >= 0.6 is 0 Å². The van der Waals surface area contributed by atoms with Gasteiger partial charge in [0, 0.05) is 5.41 Å². The lowest BCUT2D eigenvalue weighted by molar-refractivity contribution is 0.553. The molecule has 0 radical (unpaired) electrons. The number of hydrogen-bond acceptors (Lipinski definition) is 0. The maximum absolute atomic E-state index is 2.29. The molecule has 1 aliphatic carbocycles. The van der Waals surface area contributed by atoms with Gasteiger partial charge >= 0.3 is 0 Å². The van der Waals surface area contributed by atoms with Gasteiger partial charge in [0.1, 0.15) is 0 Å². The van der Waals surface area contributed by atoms with Crippen LogP contribution in [0.15, 0.2) is 36.0 Å². The minimum absolute atomic E-state index is 0.272. The van der Waals surface area contributed by atoms with Gasteiger partial charge in [-0.05, 0) is 20.3 Å². The van der Waals surface area contributed by atoms with Crippen molar-refractivity contribution < 1.29 is 0 Å². The molecule has 0 aliphatic heterocycles. The first-order valence-electron chi connectivity index (χ1n) is 4.16. The predicted octanol–water partition coefficient (Wildman–Crippen LogP) is 3.48. The van der Waals surface area contributed by atoms with Crippen molar-refractivity contribution in [2.45, 2.75) is 27.2 Å². The van der Waals surface area contributed by atoms with Gasteiger partial charge < -0.3 is 0 Å². The fourth-order valence-corrected chi connectivity index (χ4v) is 1.34. The second kappa shape index (κ2) is 3.08. The van der Waals surface area contributed by atoms with Gasteiger partial charge in [-0.25, -0.2) is 0 Å². The third kappa shape index (κ3) is 2.07. The Morgan fingerprint density at radius 2 is 2.27 bits per heavy atom. The fourth-order valence-electron chi connectivity index (χ4n) is 1.34. The first-order valence-corrected chi connectivity index (χ1v) is 4.16. The molecule has 1 unspecified atom stereocenters. The highest BCUT2D eigenvalue weighted by Crippen LogP contribution is 2.30. The van der Waals surface area contributed by atoms with Gasteiger partial charge in [-0.2, -0.15) is 0 Å². The van der Waals surface area contributed by atoms with Crippen molar-refractivity contribution in [2.24, 2.45) is 5.41 Å². The predicted molar refractivity (Wildman–Crippen MR) is 50.4 cm³/mol. The second-order valence-electron chi connectivity index (χ2n) is 3.49. The standard InChI is InChI=1S/C11H16/c1-4-7-11(3)8-5-10(2)6-9-11/h4-8H,9H2,1-3H3. The Labute approximate surface area is 69.3 Å². The molecule has 1 atom stereocenters. The smallest absolute Gasteiger partial charge is 0.00704 e. The monoisotopic (exact) mass is 148 g/mol. The minimum atomic E-state index is 0.272. The van der Waals surface area contributed by atoms with E-state index in [1.54, 1.807) is 0 Å². The highest BCUT2D eigenvalue weighted by Gasteiger charge is 2.17. The summed E-state index contributed by atoms with van der Waals surface area (Å²) in [6.45, 7) is 6.47. The van der Waals surface area contributed by atoms with Gasteiger partial charge in [0.05, 0.1) is 0 Å². The summed E-state index contributed by atoms with van der Waals surface area (Å²) in [5.41, 5.74) is 1.65. The summed E-state index contributed by atoms with van der Waals surface area (Å²) in [7, 11) is 0. The summed E-state index contributed by atoms with van der Waals surface area (Å²) in [4.78, 5) is 0. The van der Waals surface area contributed by atoms with E-state index in [0.29, 0.717) is 0 Å². The van der Waals surface area contributed by atoms with Gasteiger partial charge in [-0.1, -0.05) is 42.9 Å². The Bertz CT molecular complexity index is 218. The first-order chi connectivity index (χ1) is 5.16. The Morgan fingerprint density at radius 1 is 1.55 bits per heavy atom. The fraction of sp³-hybridized carbons (Fsp3) is 0.455. The zero-order chi connectivity index (χ0) is 8.32. The van der Waals surface area contributed by atoms with Gasteiger partial charge in [0.15, 0.2) is 0 Å². The van der Waals surface area contributed by atoms with Crippen LogP contribution in [0.4, 0.5) is 0 Å². The summed E-state index contributed by atoms with van der Waals surface area (Å²) >= 11 is 0. The molecule has 0 aromatic carbocycles. The zero-order valence-corrected chi connectivity index (χ0v) is 7.59. The van der Waals surface area contributed by atoms with E-state index in [-0.39, 0.29) is 5.41 Å². The molecule has 1 aliphatic rings. The van der Waals surface area contributed by atoms with Crippen molar-refractivity contribution in [3.05, 3.63) is 36.0 Å². The minimum Gasteiger partial charge on any atom is -0.0908 e. The SMILES string of the molecule is CC=CC1(C)C=CC(C)=CC1. The molecule has 0 N–H and O–H groups in total. The molecule has 0 spiro atoms. The van der Waals surface area contributed by atoms with Crippen molar-refractivity contribution in [1.29, 1.82) is 0 Å². The third-order valence-corrected chi connectivity index (χ3v) is 2.14. The quantitative estimate of drug-likeness (QED) is 0.499. The molecule has 0 aromatic heterocycles. The molecular formula is C11H16. The largest absolute Gasteiger partial charge is 0.0908 e. The van der Waals surface area contributed by atoms with E-state index in [0.717, 1.165) is 6.42 Å². The van der Waals surface area contributed by atoms with Crippen molar-refractivity contribution in [3.63, 3.8) is 0 Å². The lowest BCUT2D eigenvalue weighted by atomic mass is 9.82. The van der Waals surface area contributed by atoms with Crippen LogP contribution < -0.4 is 0 Å². The zero-order valence-electron chi connectivity index (χ0n) is 7.59. The van der Waals surface area contributed by atoms with Crippen molar-refractivity contribution in [3.8, 4) is 0 Å². The van der Waals surface area contributed by atoms with E-state index in [1.807, 2.05) is 0 Å². The highest BCUT2D eigenvalue weighted by molar-refractivity contribution is 5.27. The van der Waals surface area contributed by atoms with E-state index in [1.165, 1.54) is 5.57 Å². The van der Waals surface area contributed by atoms with Crippen LogP contribution in [-0.2, 0) is 0 Å². The van der Waals surface area contributed by atoms with Crippen molar-refractivity contribution in [1.82, 2.24) is 0 Å². The maximum atomic E-state index is 2.29. The topological polar surface area (TPSA) is 0 Å². The lowest BCUT2D eigenvalue weighted by Gasteiger charge is -2.23. The average Bonchev–Trinajstić information content (AvgIpc) is 1.97. The number of hydrogen-bond donors (Lipinski definition) is 0. The van der Waals surface area contributed by atoms with Gasteiger partial charge in [-0.15, -0.1) is 0 Å². The summed E-state index contributed by atoms with van der Waals surface area (Å²) in [5, 5.41) is 0. The molecule has 0 heterocycles. The number of allylic oxidation sites excluding steroid dienone is 6. The van der Waals surface area contributed by atoms with E-state index in [9.17, 15) is 0 Å². The Balaban J connectivity index is 2.74. The molecule has 0 bridgehead atoms. The second-order valence-corrected chi connectivity index (χ2v) is 3.49. The van der Waals surface area contributed by atoms with Crippen LogP contribution in [0.1, 0.15) is 27.2 Å². The summed E-state index contributed by atoms with van der Waals surface area (Å²) < 4.78 is 0. The summed E-state index contributed by atoms with van der Waals surface area (Å²) in [6.07, 6.45) is 12.3. The molecule has 0 aromatic rings. The molecule has 0 fully saturated rings. The number of rotatable bonds is 1. The molecule has 0 saturated carbocycles. The molecular weight excluding hydrogens is 132 g/mol. The Kier molecular flexibility index (Phi) is 2.33. The van der Waals surface area contributed by atoms with E-state index >= 15 is 0 Å². The third-order valence-electron chi connectivity index (χ3n) is 2.14. The van der Waals surface area contributed by atoms with E-state index < -0.39 is 0 Å². The first kappa shape index (κ1) is 8.32. The molecule has 0 saturated heterocycles. The summed E-state index contributed by atoms with van der Waals surface area (Å²) in [6, 6.07) is 0. The molecule has 0 nitrogen and oxygen atoms in total.